The lowest BCUT2D eigenvalue weighted by atomic mass is 9.77. The number of benzene rings is 2. The molecular weight excluding hydrogens is 604 g/mol. The van der Waals surface area contributed by atoms with Gasteiger partial charge < -0.3 is 24.2 Å². The molecule has 12 heteroatoms. The minimum atomic E-state index is -0.981. The van der Waals surface area contributed by atoms with Crippen molar-refractivity contribution < 1.29 is 19.3 Å². The Kier molecular flexibility index (Phi) is 7.91. The van der Waals surface area contributed by atoms with E-state index in [1.165, 1.54) is 0 Å². The van der Waals surface area contributed by atoms with E-state index in [9.17, 15) is 9.82 Å². The predicted molar refractivity (Wildman–Crippen MR) is 168 cm³/mol. The first-order valence-electron chi connectivity index (χ1n) is 12.7. The van der Waals surface area contributed by atoms with Crippen molar-refractivity contribution in [3.8, 4) is 0 Å². The maximum atomic E-state index is 13.2. The second-order valence-corrected chi connectivity index (χ2v) is 12.0. The first-order chi connectivity index (χ1) is 19.0. The lowest BCUT2D eigenvalue weighted by Gasteiger charge is -2.23. The van der Waals surface area contributed by atoms with Gasteiger partial charge in [-0.3, -0.25) is 4.79 Å². The number of fused-ring (bicyclic) bond motifs is 2. The fourth-order valence-electron chi connectivity index (χ4n) is 5.42. The molecular formula is C29H27BCl3N3O4S. The number of halogens is 3. The number of carbonyl (C=O) groups excluding carboxylic acids is 1. The number of rotatable bonds is 5. The van der Waals surface area contributed by atoms with Crippen LogP contribution in [0.5, 0.6) is 0 Å². The van der Waals surface area contributed by atoms with Crippen LogP contribution in [0.1, 0.15) is 59.9 Å². The Balaban J connectivity index is 0.00000337. The van der Waals surface area contributed by atoms with Crippen LogP contribution in [0.4, 0.5) is 0 Å². The molecule has 2 N–H and O–H groups in total. The van der Waals surface area contributed by atoms with E-state index < -0.39 is 18.3 Å². The molecule has 0 fully saturated rings. The highest BCUT2D eigenvalue weighted by molar-refractivity contribution is 7.59. The smallest absolute Gasteiger partial charge is 0.423 e. The summed E-state index contributed by atoms with van der Waals surface area (Å²) in [5, 5.41) is 18.7. The van der Waals surface area contributed by atoms with Crippen LogP contribution in [0, 0.1) is 0 Å². The van der Waals surface area contributed by atoms with Gasteiger partial charge in [0.2, 0.25) is 0 Å². The molecule has 41 heavy (non-hydrogen) atoms. The molecule has 4 heterocycles. The lowest BCUT2D eigenvalue weighted by molar-refractivity contribution is -0.00737. The summed E-state index contributed by atoms with van der Waals surface area (Å²) in [5.74, 6) is -0.231. The molecule has 7 nitrogen and oxygen atoms in total. The Morgan fingerprint density at radius 2 is 1.83 bits per heavy atom. The predicted octanol–water partition coefficient (Wildman–Crippen LogP) is 5.93. The number of amides is 1. The van der Waals surface area contributed by atoms with Crippen LogP contribution in [0.3, 0.4) is 0 Å². The maximum Gasteiger partial charge on any atom is 0.492 e. The monoisotopic (exact) mass is 629 g/mol. The van der Waals surface area contributed by atoms with Crippen molar-refractivity contribution in [2.75, 3.05) is 0 Å². The summed E-state index contributed by atoms with van der Waals surface area (Å²) in [6.07, 6.45) is 2.31. The fourth-order valence-corrected chi connectivity index (χ4v) is 6.02. The van der Waals surface area contributed by atoms with E-state index in [1.54, 1.807) is 18.2 Å². The summed E-state index contributed by atoms with van der Waals surface area (Å²) in [4.78, 5) is 19.1. The minimum Gasteiger partial charge on any atom is -0.423 e. The van der Waals surface area contributed by atoms with Crippen molar-refractivity contribution in [1.82, 2.24) is 9.72 Å². The highest BCUT2D eigenvalue weighted by Gasteiger charge is 2.41. The van der Waals surface area contributed by atoms with Gasteiger partial charge in [0.1, 0.15) is 5.69 Å². The summed E-state index contributed by atoms with van der Waals surface area (Å²) in [6.45, 7) is 6.06. The van der Waals surface area contributed by atoms with Crippen LogP contribution in [0.25, 0.3) is 5.52 Å². The average Bonchev–Trinajstić information content (AvgIpc) is 3.62. The van der Waals surface area contributed by atoms with Crippen LogP contribution in [0.2, 0.25) is 15.1 Å². The van der Waals surface area contributed by atoms with Crippen LogP contribution in [-0.4, -0.2) is 28.2 Å². The molecule has 2 aliphatic rings. The molecule has 212 valence electrons. The fraction of sp³-hybridized carbons (Fsp3) is 0.241. The van der Waals surface area contributed by atoms with Gasteiger partial charge in [0.05, 0.1) is 31.9 Å². The standard InChI is InChI=1S/C29H25BCl3N3O4.H2S/c1-28(2)19-8-6-16(11-20(19)30(38)39-28)15-34-27(37)25-9-7-18(24-5-4-10-36(24)25)23-14-29(3,40-35-23)17-12-21(31)26(33)22(32)13-17;/h4-13,38H,14-15H2,1-3H3,(H,34,37);1H2/t29-;/m0./s1. The molecule has 0 unspecified atom stereocenters. The molecule has 0 bridgehead atoms. The number of carbonyl (C=O) groups is 1. The molecule has 1 atom stereocenters. The van der Waals surface area contributed by atoms with Crippen molar-refractivity contribution >= 4 is 78.0 Å². The third-order valence-corrected chi connectivity index (χ3v) is 8.78. The van der Waals surface area contributed by atoms with E-state index in [-0.39, 0.29) is 19.4 Å². The molecule has 0 saturated carbocycles. The molecule has 0 aliphatic carbocycles. The molecule has 2 aromatic heterocycles. The molecule has 0 saturated heterocycles. The number of hydrogen-bond donors (Lipinski definition) is 2. The van der Waals surface area contributed by atoms with Gasteiger partial charge in [-0.1, -0.05) is 58.2 Å². The van der Waals surface area contributed by atoms with Gasteiger partial charge in [0, 0.05) is 30.3 Å². The first kappa shape index (κ1) is 29.8. The molecule has 2 aliphatic heterocycles. The van der Waals surface area contributed by atoms with Crippen LogP contribution in [0.15, 0.2) is 65.9 Å². The van der Waals surface area contributed by atoms with E-state index in [0.29, 0.717) is 33.7 Å². The van der Waals surface area contributed by atoms with Gasteiger partial charge in [0.15, 0.2) is 5.60 Å². The third kappa shape index (κ3) is 5.24. The molecule has 2 aromatic carbocycles. The van der Waals surface area contributed by atoms with E-state index >= 15 is 0 Å². The van der Waals surface area contributed by atoms with Crippen molar-refractivity contribution in [3.63, 3.8) is 0 Å². The number of hydrogen-bond acceptors (Lipinski definition) is 5. The summed E-state index contributed by atoms with van der Waals surface area (Å²) >= 11 is 18.7. The molecule has 4 aromatic rings. The average molecular weight is 631 g/mol. The van der Waals surface area contributed by atoms with Crippen LogP contribution >= 0.6 is 48.3 Å². The zero-order valence-corrected chi connectivity index (χ0v) is 25.7. The lowest BCUT2D eigenvalue weighted by Crippen LogP contribution is -2.30. The Morgan fingerprint density at radius 3 is 2.56 bits per heavy atom. The van der Waals surface area contributed by atoms with Crippen molar-refractivity contribution in [3.05, 3.63) is 104 Å². The molecule has 0 spiro atoms. The Labute approximate surface area is 260 Å². The maximum absolute atomic E-state index is 13.2. The van der Waals surface area contributed by atoms with Gasteiger partial charge in [-0.2, -0.15) is 13.5 Å². The second kappa shape index (κ2) is 10.9. The van der Waals surface area contributed by atoms with Gasteiger partial charge in [0.25, 0.3) is 5.91 Å². The third-order valence-electron chi connectivity index (χ3n) is 7.58. The summed E-state index contributed by atoms with van der Waals surface area (Å²) in [6, 6.07) is 16.7. The quantitative estimate of drug-likeness (QED) is 0.211. The molecule has 0 radical (unpaired) electrons. The van der Waals surface area contributed by atoms with E-state index in [0.717, 1.165) is 38.9 Å². The molecule has 1 amide bonds. The zero-order chi connectivity index (χ0) is 28.4. The number of nitrogens with zero attached hydrogens (tertiary/aromatic N) is 2. The number of aromatic nitrogens is 1. The Morgan fingerprint density at radius 1 is 1.10 bits per heavy atom. The minimum absolute atomic E-state index is 0. The second-order valence-electron chi connectivity index (χ2n) is 10.8. The van der Waals surface area contributed by atoms with Gasteiger partial charge in [-0.25, -0.2) is 0 Å². The normalized spacial score (nSPS) is 19.0. The van der Waals surface area contributed by atoms with Crippen molar-refractivity contribution in [1.29, 1.82) is 0 Å². The number of pyridine rings is 1. The summed E-state index contributed by atoms with van der Waals surface area (Å²) in [5.41, 5.74) is 4.86. The first-order valence-corrected chi connectivity index (χ1v) is 13.9. The van der Waals surface area contributed by atoms with E-state index in [4.69, 9.17) is 44.3 Å². The number of oxime groups is 1. The Bertz CT molecular complexity index is 1700. The van der Waals surface area contributed by atoms with Gasteiger partial charge in [-0.15, -0.1) is 0 Å². The van der Waals surface area contributed by atoms with Gasteiger partial charge in [-0.05, 0) is 73.8 Å². The van der Waals surface area contributed by atoms with Crippen molar-refractivity contribution in [2.45, 2.75) is 44.9 Å². The van der Waals surface area contributed by atoms with Crippen LogP contribution < -0.4 is 10.8 Å². The SMILES string of the molecule is CC1(C)OB(O)c2cc(CNC(=O)c3ccc(C4=NO[C@](C)(c5cc(Cl)c(Cl)c(Cl)c5)C4)c4cccn34)ccc21.S. The van der Waals surface area contributed by atoms with Crippen molar-refractivity contribution in [2.24, 2.45) is 5.16 Å². The number of nitrogens with one attached hydrogen (secondary N) is 1. The highest BCUT2D eigenvalue weighted by atomic mass is 35.5. The largest absolute Gasteiger partial charge is 0.492 e. The van der Waals surface area contributed by atoms with Gasteiger partial charge >= 0.3 is 7.12 Å². The molecule has 6 rings (SSSR count). The summed E-state index contributed by atoms with van der Waals surface area (Å²) in [7, 11) is -0.981. The highest BCUT2D eigenvalue weighted by Crippen LogP contribution is 2.41. The van der Waals surface area contributed by atoms with Crippen LogP contribution in [-0.2, 0) is 27.2 Å². The van der Waals surface area contributed by atoms with E-state index in [2.05, 4.69) is 10.5 Å². The summed E-state index contributed by atoms with van der Waals surface area (Å²) < 4.78 is 7.48. The van der Waals surface area contributed by atoms with E-state index in [1.807, 2.05) is 67.8 Å². The Hall–Kier alpha value is -2.66. The zero-order valence-electron chi connectivity index (χ0n) is 22.5. The topological polar surface area (TPSA) is 84.6 Å².